The van der Waals surface area contributed by atoms with Gasteiger partial charge < -0.3 is 9.15 Å². The summed E-state index contributed by atoms with van der Waals surface area (Å²) in [6, 6.07) is 4.04. The minimum absolute atomic E-state index is 0.196. The molecule has 0 aliphatic heterocycles. The average Bonchev–Trinajstić information content (AvgIpc) is 2.60. The van der Waals surface area contributed by atoms with Crippen LogP contribution in [0.25, 0.3) is 0 Å². The molecule has 1 aromatic heterocycles. The van der Waals surface area contributed by atoms with Crippen molar-refractivity contribution in [2.75, 3.05) is 6.61 Å². The molecular formula is C7H7BrO3Zn. The Morgan fingerprint density at radius 2 is 2.50 bits per heavy atom. The number of hydrogen-bond acceptors (Lipinski definition) is 3. The van der Waals surface area contributed by atoms with E-state index in [1.807, 2.05) is 0 Å². The molecule has 3 nitrogen and oxygen atoms in total. The second-order valence-corrected chi connectivity index (χ2v) is 1.63. The number of ether oxygens (including phenoxy) is 1. The Hall–Kier alpha value is -0.147. The Labute approximate surface area is 87.5 Å². The van der Waals surface area contributed by atoms with Crippen molar-refractivity contribution in [3.05, 3.63) is 24.2 Å². The molecular weight excluding hydrogens is 277 g/mol. The minimum atomic E-state index is -0.441. The van der Waals surface area contributed by atoms with Crippen molar-refractivity contribution in [3.63, 3.8) is 0 Å². The first-order valence-electron chi connectivity index (χ1n) is 3.23. The molecule has 0 aliphatic rings. The van der Waals surface area contributed by atoms with Gasteiger partial charge in [-0.15, -0.1) is 0 Å². The Kier molecular flexibility index (Phi) is 7.41. The van der Waals surface area contributed by atoms with E-state index in [9.17, 15) is 4.79 Å². The standard InChI is InChI=1S/C7H7O3.BrH.Zn/c1-2-9-7(8)6-4-3-5-10-6;;/h4-5H,2H2,1H3;1H;/q-1;;+2/p-1. The molecule has 1 heterocycles. The fourth-order valence-electron chi connectivity index (χ4n) is 0.550. The van der Waals surface area contributed by atoms with E-state index in [0.29, 0.717) is 6.61 Å². The third-order valence-electron chi connectivity index (χ3n) is 0.945. The van der Waals surface area contributed by atoms with E-state index in [1.165, 1.54) is 28.7 Å². The predicted octanol–water partition coefficient (Wildman–Crippen LogP) is 2.10. The topological polar surface area (TPSA) is 39.4 Å². The SMILES string of the molecule is CCOC(=O)c1c[c-]co1.[Zn+][Br]. The van der Waals surface area contributed by atoms with Gasteiger partial charge in [0, 0.05) is 0 Å². The molecule has 62 valence electrons. The normalized spacial score (nSPS) is 8.33. The third-order valence-corrected chi connectivity index (χ3v) is 0.945. The molecule has 1 aromatic rings. The van der Waals surface area contributed by atoms with Crippen LogP contribution in [-0.2, 0) is 21.1 Å². The predicted molar refractivity (Wildman–Crippen MR) is 42.4 cm³/mol. The first kappa shape index (κ1) is 11.9. The van der Waals surface area contributed by atoms with Crippen molar-refractivity contribution in [2.24, 2.45) is 0 Å². The Morgan fingerprint density at radius 3 is 2.92 bits per heavy atom. The molecule has 0 N–H and O–H groups in total. The van der Waals surface area contributed by atoms with E-state index in [1.54, 1.807) is 6.92 Å². The quantitative estimate of drug-likeness (QED) is 0.474. The van der Waals surface area contributed by atoms with Crippen molar-refractivity contribution in [1.82, 2.24) is 0 Å². The zero-order chi connectivity index (χ0) is 9.40. The van der Waals surface area contributed by atoms with Gasteiger partial charge in [0.2, 0.25) is 0 Å². The second-order valence-electron chi connectivity index (χ2n) is 1.63. The monoisotopic (exact) mass is 282 g/mol. The number of halogens is 1. The fraction of sp³-hybridized carbons (Fsp3) is 0.286. The van der Waals surface area contributed by atoms with Crippen LogP contribution in [0.2, 0.25) is 0 Å². The number of carbonyl (C=O) groups excluding carboxylic acids is 1. The van der Waals surface area contributed by atoms with E-state index in [0.717, 1.165) is 0 Å². The molecule has 0 saturated carbocycles. The summed E-state index contributed by atoms with van der Waals surface area (Å²) in [5.41, 5.74) is 0. The number of rotatable bonds is 2. The first-order chi connectivity index (χ1) is 5.84. The van der Waals surface area contributed by atoms with Crippen molar-refractivity contribution >= 4 is 19.6 Å². The van der Waals surface area contributed by atoms with Gasteiger partial charge in [-0.2, -0.15) is 6.07 Å². The molecule has 0 amide bonds. The van der Waals surface area contributed by atoms with E-state index in [2.05, 4.69) is 24.4 Å². The summed E-state index contributed by atoms with van der Waals surface area (Å²) in [5.74, 6) is -0.245. The molecule has 0 aromatic carbocycles. The molecule has 0 atom stereocenters. The summed E-state index contributed by atoms with van der Waals surface area (Å²) >= 11 is 4.25. The molecule has 0 spiro atoms. The van der Waals surface area contributed by atoms with E-state index in [4.69, 9.17) is 4.42 Å². The van der Waals surface area contributed by atoms with Crippen molar-refractivity contribution < 1.29 is 30.3 Å². The molecule has 1 rings (SSSR count). The van der Waals surface area contributed by atoms with Gasteiger partial charge in [0.1, 0.15) is 0 Å². The van der Waals surface area contributed by atoms with Crippen LogP contribution in [0.15, 0.2) is 16.7 Å². The van der Waals surface area contributed by atoms with E-state index >= 15 is 0 Å². The van der Waals surface area contributed by atoms with Crippen molar-refractivity contribution in [1.29, 1.82) is 0 Å². The summed E-state index contributed by atoms with van der Waals surface area (Å²) in [5, 5.41) is 0. The van der Waals surface area contributed by atoms with Gasteiger partial charge in [0.05, 0.1) is 12.4 Å². The summed E-state index contributed by atoms with van der Waals surface area (Å²) < 4.78 is 9.35. The molecule has 0 saturated heterocycles. The van der Waals surface area contributed by atoms with Crippen LogP contribution < -0.4 is 0 Å². The maximum absolute atomic E-state index is 10.8. The molecule has 0 bridgehead atoms. The van der Waals surface area contributed by atoms with Gasteiger partial charge >= 0.3 is 30.0 Å². The molecule has 5 heteroatoms. The van der Waals surface area contributed by atoms with Crippen LogP contribution in [0.4, 0.5) is 0 Å². The Balaban J connectivity index is 0.000000561. The summed E-state index contributed by atoms with van der Waals surface area (Å²) in [6.45, 7) is 2.10. The Bertz CT molecular complexity index is 210. The number of esters is 1. The zero-order valence-corrected chi connectivity index (χ0v) is 11.2. The van der Waals surface area contributed by atoms with Crippen LogP contribution in [0.1, 0.15) is 17.5 Å². The maximum atomic E-state index is 10.8. The zero-order valence-electron chi connectivity index (χ0n) is 6.67. The van der Waals surface area contributed by atoms with Crippen LogP contribution in [0, 0.1) is 6.07 Å². The summed E-state index contributed by atoms with van der Waals surface area (Å²) in [6.07, 6.45) is 1.31. The van der Waals surface area contributed by atoms with Crippen LogP contribution in [0.3, 0.4) is 0 Å². The molecule has 0 aliphatic carbocycles. The van der Waals surface area contributed by atoms with E-state index in [-0.39, 0.29) is 5.76 Å². The third kappa shape index (κ3) is 4.02. The van der Waals surface area contributed by atoms with Gasteiger partial charge in [0.15, 0.2) is 0 Å². The van der Waals surface area contributed by atoms with Gasteiger partial charge in [0.25, 0.3) is 5.97 Å². The molecule has 12 heavy (non-hydrogen) atoms. The van der Waals surface area contributed by atoms with Crippen molar-refractivity contribution in [2.45, 2.75) is 6.92 Å². The average molecular weight is 284 g/mol. The number of hydrogen-bond donors (Lipinski definition) is 0. The van der Waals surface area contributed by atoms with Crippen LogP contribution in [0.5, 0.6) is 0 Å². The number of carbonyl (C=O) groups is 1. The molecule has 0 radical (unpaired) electrons. The second kappa shape index (κ2) is 7.50. The molecule has 0 unspecified atom stereocenters. The van der Waals surface area contributed by atoms with Gasteiger partial charge in [-0.05, 0) is 13.2 Å². The summed E-state index contributed by atoms with van der Waals surface area (Å²) in [4.78, 5) is 10.8. The van der Waals surface area contributed by atoms with Crippen molar-refractivity contribution in [3.8, 4) is 0 Å². The number of furan rings is 1. The van der Waals surface area contributed by atoms with Crippen LogP contribution in [-0.4, -0.2) is 12.6 Å². The molecule has 0 fully saturated rings. The van der Waals surface area contributed by atoms with E-state index < -0.39 is 5.97 Å². The fourth-order valence-corrected chi connectivity index (χ4v) is 0.550. The van der Waals surface area contributed by atoms with Crippen LogP contribution >= 0.6 is 13.6 Å². The summed E-state index contributed by atoms with van der Waals surface area (Å²) in [7, 11) is 0. The Morgan fingerprint density at radius 1 is 1.83 bits per heavy atom. The van der Waals surface area contributed by atoms with Gasteiger partial charge in [-0.1, -0.05) is 0 Å². The van der Waals surface area contributed by atoms with Gasteiger partial charge in [-0.3, -0.25) is 4.79 Å². The first-order valence-corrected chi connectivity index (χ1v) is 10.2. The van der Waals surface area contributed by atoms with Gasteiger partial charge in [-0.25, -0.2) is 6.07 Å².